The normalized spacial score (nSPS) is 19.9. The van der Waals surface area contributed by atoms with Crippen molar-refractivity contribution >= 4 is 23.1 Å². The van der Waals surface area contributed by atoms with Crippen molar-refractivity contribution < 1.29 is 10.0 Å². The number of anilines is 1. The molecule has 0 bridgehead atoms. The lowest BCUT2D eigenvalue weighted by Crippen LogP contribution is -2.27. The monoisotopic (exact) mass is 310 g/mol. The molecular formula is C15H22N2O3S. The van der Waals surface area contributed by atoms with Crippen molar-refractivity contribution in [2.75, 3.05) is 23.7 Å². The lowest BCUT2D eigenvalue weighted by atomic mass is 10.1. The quantitative estimate of drug-likeness (QED) is 0.685. The van der Waals surface area contributed by atoms with Crippen LogP contribution in [0.3, 0.4) is 0 Å². The van der Waals surface area contributed by atoms with Gasteiger partial charge in [-0.3, -0.25) is 10.1 Å². The Morgan fingerprint density at radius 2 is 2.14 bits per heavy atom. The van der Waals surface area contributed by atoms with Crippen molar-refractivity contribution in [1.82, 2.24) is 0 Å². The second kappa shape index (κ2) is 6.23. The van der Waals surface area contributed by atoms with Crippen LogP contribution in [-0.2, 0) is 0 Å². The number of benzene rings is 1. The molecule has 6 heteroatoms. The van der Waals surface area contributed by atoms with Gasteiger partial charge in [-0.05, 0) is 25.0 Å². The first-order valence-electron chi connectivity index (χ1n) is 7.15. The Morgan fingerprint density at radius 1 is 1.43 bits per heavy atom. The maximum absolute atomic E-state index is 11.3. The van der Waals surface area contributed by atoms with Crippen LogP contribution in [0.1, 0.15) is 38.9 Å². The fourth-order valence-corrected chi connectivity index (χ4v) is 3.58. The summed E-state index contributed by atoms with van der Waals surface area (Å²) in [4.78, 5) is 13.1. The van der Waals surface area contributed by atoms with Crippen LogP contribution >= 0.6 is 11.8 Å². The van der Waals surface area contributed by atoms with Crippen LogP contribution in [0.5, 0.6) is 0 Å². The molecule has 1 aliphatic rings. The third-order valence-corrected chi connectivity index (χ3v) is 5.23. The van der Waals surface area contributed by atoms with E-state index in [9.17, 15) is 15.2 Å². The molecule has 1 N–H and O–H groups in total. The van der Waals surface area contributed by atoms with Crippen molar-refractivity contribution in [1.29, 1.82) is 0 Å². The zero-order chi connectivity index (χ0) is 15.6. The minimum atomic E-state index is -0.698. The van der Waals surface area contributed by atoms with E-state index in [0.29, 0.717) is 11.3 Å². The third-order valence-electron chi connectivity index (χ3n) is 3.86. The van der Waals surface area contributed by atoms with Crippen LogP contribution in [0.25, 0.3) is 0 Å². The van der Waals surface area contributed by atoms with Crippen molar-refractivity contribution in [3.05, 3.63) is 33.9 Å². The predicted molar refractivity (Wildman–Crippen MR) is 87.1 cm³/mol. The van der Waals surface area contributed by atoms with Gasteiger partial charge in [-0.1, -0.05) is 19.9 Å². The summed E-state index contributed by atoms with van der Waals surface area (Å²) in [5.74, 6) is 0.961. The van der Waals surface area contributed by atoms with E-state index in [1.807, 2.05) is 11.8 Å². The van der Waals surface area contributed by atoms with E-state index < -0.39 is 6.10 Å². The summed E-state index contributed by atoms with van der Waals surface area (Å²) in [6.45, 7) is 7.67. The number of thioether (sulfide) groups is 1. The molecule has 0 spiro atoms. The summed E-state index contributed by atoms with van der Waals surface area (Å²) in [6.07, 6.45) is 0.295. The number of aliphatic hydroxyl groups excluding tert-OH is 1. The highest BCUT2D eigenvalue weighted by atomic mass is 32.2. The van der Waals surface area contributed by atoms with Crippen molar-refractivity contribution in [2.24, 2.45) is 0 Å². The molecule has 1 atom stereocenters. The van der Waals surface area contributed by atoms with E-state index in [1.54, 1.807) is 19.1 Å². The predicted octanol–water partition coefficient (Wildman–Crippen LogP) is 3.37. The molecule has 0 aliphatic carbocycles. The number of nitro groups is 1. The second-order valence-corrected chi connectivity index (χ2v) is 7.83. The fourth-order valence-electron chi connectivity index (χ4n) is 2.48. The number of aliphatic hydroxyl groups is 1. The van der Waals surface area contributed by atoms with E-state index in [2.05, 4.69) is 18.7 Å². The van der Waals surface area contributed by atoms with Gasteiger partial charge < -0.3 is 10.0 Å². The first-order chi connectivity index (χ1) is 9.80. The van der Waals surface area contributed by atoms with Crippen LogP contribution in [0.15, 0.2) is 18.2 Å². The molecule has 0 amide bonds. The van der Waals surface area contributed by atoms with E-state index in [0.717, 1.165) is 25.3 Å². The molecule has 0 aromatic heterocycles. The standard InChI is InChI=1S/C15H22N2O3S/c1-11(18)12-4-5-13(14(10-12)17(19)20)16-7-6-15(2,3)21-9-8-16/h4-5,10-11,18H,6-9H2,1-3H3/t11-/m0/s1. The van der Waals surface area contributed by atoms with Gasteiger partial charge in [0.1, 0.15) is 5.69 Å². The first kappa shape index (κ1) is 16.1. The van der Waals surface area contributed by atoms with E-state index in [1.165, 1.54) is 6.07 Å². The minimum Gasteiger partial charge on any atom is -0.389 e. The van der Waals surface area contributed by atoms with Crippen LogP contribution in [0.4, 0.5) is 11.4 Å². The van der Waals surface area contributed by atoms with Gasteiger partial charge in [-0.15, -0.1) is 0 Å². The number of rotatable bonds is 3. The maximum atomic E-state index is 11.3. The van der Waals surface area contributed by atoms with Gasteiger partial charge >= 0.3 is 0 Å². The molecule has 0 unspecified atom stereocenters. The third kappa shape index (κ3) is 3.89. The summed E-state index contributed by atoms with van der Waals surface area (Å²) in [7, 11) is 0. The maximum Gasteiger partial charge on any atom is 0.292 e. The molecule has 5 nitrogen and oxygen atoms in total. The summed E-state index contributed by atoms with van der Waals surface area (Å²) < 4.78 is 0.211. The largest absolute Gasteiger partial charge is 0.389 e. The van der Waals surface area contributed by atoms with Gasteiger partial charge in [-0.2, -0.15) is 11.8 Å². The highest BCUT2D eigenvalue weighted by Gasteiger charge is 2.27. The summed E-state index contributed by atoms with van der Waals surface area (Å²) in [5, 5.41) is 20.9. The van der Waals surface area contributed by atoms with Gasteiger partial charge in [0.05, 0.1) is 11.0 Å². The van der Waals surface area contributed by atoms with Crippen LogP contribution < -0.4 is 4.90 Å². The highest BCUT2D eigenvalue weighted by Crippen LogP contribution is 2.36. The average molecular weight is 310 g/mol. The second-order valence-electron chi connectivity index (χ2n) is 6.03. The molecule has 1 aromatic rings. The highest BCUT2D eigenvalue weighted by molar-refractivity contribution is 8.00. The Hall–Kier alpha value is -1.27. The van der Waals surface area contributed by atoms with Crippen LogP contribution in [-0.4, -0.2) is 33.6 Å². The van der Waals surface area contributed by atoms with Gasteiger partial charge in [0.25, 0.3) is 5.69 Å². The van der Waals surface area contributed by atoms with E-state index in [-0.39, 0.29) is 15.4 Å². The topological polar surface area (TPSA) is 66.6 Å². The lowest BCUT2D eigenvalue weighted by Gasteiger charge is -2.24. The molecule has 0 radical (unpaired) electrons. The summed E-state index contributed by atoms with van der Waals surface area (Å²) in [6, 6.07) is 5.03. The Labute approximate surface area is 129 Å². The van der Waals surface area contributed by atoms with Crippen molar-refractivity contribution in [3.8, 4) is 0 Å². The molecule has 1 heterocycles. The minimum absolute atomic E-state index is 0.0816. The van der Waals surface area contributed by atoms with Crippen molar-refractivity contribution in [2.45, 2.75) is 38.0 Å². The van der Waals surface area contributed by atoms with Crippen LogP contribution in [0.2, 0.25) is 0 Å². The number of hydrogen-bond acceptors (Lipinski definition) is 5. The van der Waals surface area contributed by atoms with Gasteiger partial charge in [-0.25, -0.2) is 0 Å². The summed E-state index contributed by atoms with van der Waals surface area (Å²) in [5.41, 5.74) is 1.32. The Kier molecular flexibility index (Phi) is 4.78. The average Bonchev–Trinajstić information content (AvgIpc) is 2.59. The number of nitrogens with zero attached hydrogens (tertiary/aromatic N) is 2. The number of hydrogen-bond donors (Lipinski definition) is 1. The Balaban J connectivity index is 2.32. The molecule has 1 saturated heterocycles. The summed E-state index contributed by atoms with van der Waals surface area (Å²) >= 11 is 1.91. The number of nitro benzene ring substituents is 1. The van der Waals surface area contributed by atoms with Gasteiger partial charge in [0.15, 0.2) is 0 Å². The molecule has 21 heavy (non-hydrogen) atoms. The van der Waals surface area contributed by atoms with Crippen LogP contribution in [0, 0.1) is 10.1 Å². The molecule has 2 rings (SSSR count). The molecule has 116 valence electrons. The van der Waals surface area contributed by atoms with Crippen molar-refractivity contribution in [3.63, 3.8) is 0 Å². The Bertz CT molecular complexity index is 532. The zero-order valence-corrected chi connectivity index (χ0v) is 13.5. The molecular weight excluding hydrogens is 288 g/mol. The van der Waals surface area contributed by atoms with Gasteiger partial charge in [0, 0.05) is 29.7 Å². The zero-order valence-electron chi connectivity index (χ0n) is 12.7. The molecule has 0 saturated carbocycles. The Morgan fingerprint density at radius 3 is 2.76 bits per heavy atom. The first-order valence-corrected chi connectivity index (χ1v) is 8.14. The molecule has 1 aliphatic heterocycles. The SMILES string of the molecule is C[C@H](O)c1ccc(N2CCSC(C)(C)CC2)c([N+](=O)[O-])c1. The van der Waals surface area contributed by atoms with E-state index >= 15 is 0 Å². The lowest BCUT2D eigenvalue weighted by molar-refractivity contribution is -0.384. The smallest absolute Gasteiger partial charge is 0.292 e. The van der Waals surface area contributed by atoms with Gasteiger partial charge in [0.2, 0.25) is 0 Å². The molecule has 1 aromatic carbocycles. The van der Waals surface area contributed by atoms with E-state index in [4.69, 9.17) is 0 Å². The molecule has 1 fully saturated rings. The fraction of sp³-hybridized carbons (Fsp3) is 0.600.